The third-order valence-electron chi connectivity index (χ3n) is 3.29. The summed E-state index contributed by atoms with van der Waals surface area (Å²) >= 11 is 0. The van der Waals surface area contributed by atoms with Crippen LogP contribution >= 0.6 is 12.4 Å². The molecular formula is C15H21ClN2O. The third-order valence-corrected chi connectivity index (χ3v) is 3.29. The van der Waals surface area contributed by atoms with Gasteiger partial charge < -0.3 is 10.3 Å². The number of hydrogen-bond donors (Lipinski definition) is 2. The van der Waals surface area contributed by atoms with Crippen LogP contribution in [0, 0.1) is 0 Å². The van der Waals surface area contributed by atoms with E-state index in [-0.39, 0.29) is 24.0 Å². The zero-order chi connectivity index (χ0) is 13.0. The molecular weight excluding hydrogens is 260 g/mol. The van der Waals surface area contributed by atoms with Gasteiger partial charge >= 0.3 is 0 Å². The molecule has 0 amide bonds. The molecule has 1 heterocycles. The minimum Gasteiger partial charge on any atom is -0.328 e. The first-order chi connectivity index (χ1) is 8.74. The molecule has 0 aliphatic rings. The van der Waals surface area contributed by atoms with Crippen LogP contribution in [-0.4, -0.2) is 11.5 Å². The van der Waals surface area contributed by atoms with Crippen LogP contribution in [0.1, 0.15) is 38.3 Å². The summed E-state index contributed by atoms with van der Waals surface area (Å²) in [4.78, 5) is 14.6. The number of benzene rings is 1. The van der Waals surface area contributed by atoms with Gasteiger partial charge in [-0.15, -0.1) is 12.4 Å². The second-order valence-electron chi connectivity index (χ2n) is 4.65. The fourth-order valence-electron chi connectivity index (χ4n) is 2.20. The molecule has 2 aromatic rings. The van der Waals surface area contributed by atoms with Crippen LogP contribution in [0.4, 0.5) is 0 Å². The minimum atomic E-state index is -0.0184. The van der Waals surface area contributed by atoms with E-state index >= 15 is 0 Å². The van der Waals surface area contributed by atoms with Gasteiger partial charge in [0.05, 0.1) is 0 Å². The molecule has 1 aromatic heterocycles. The van der Waals surface area contributed by atoms with E-state index in [1.807, 2.05) is 30.5 Å². The van der Waals surface area contributed by atoms with Crippen molar-refractivity contribution >= 4 is 23.2 Å². The summed E-state index contributed by atoms with van der Waals surface area (Å²) in [6, 6.07) is 8.01. The highest BCUT2D eigenvalue weighted by atomic mass is 35.5. The van der Waals surface area contributed by atoms with E-state index in [4.69, 9.17) is 0 Å². The molecule has 0 aliphatic heterocycles. The molecule has 0 aliphatic carbocycles. The van der Waals surface area contributed by atoms with Crippen LogP contribution in [0.15, 0.2) is 35.3 Å². The molecule has 1 aromatic carbocycles. The van der Waals surface area contributed by atoms with Crippen molar-refractivity contribution in [2.24, 2.45) is 0 Å². The third kappa shape index (κ3) is 3.58. The van der Waals surface area contributed by atoms with E-state index in [0.717, 1.165) is 22.9 Å². The number of hydrogen-bond acceptors (Lipinski definition) is 2. The molecule has 2 N–H and O–H groups in total. The van der Waals surface area contributed by atoms with Crippen LogP contribution in [0.25, 0.3) is 10.8 Å². The van der Waals surface area contributed by atoms with E-state index in [9.17, 15) is 4.79 Å². The zero-order valence-corrected chi connectivity index (χ0v) is 12.2. The maximum Gasteiger partial charge on any atom is 0.255 e. The van der Waals surface area contributed by atoms with Crippen LogP contribution in [0.3, 0.4) is 0 Å². The first-order valence-electron chi connectivity index (χ1n) is 6.57. The Morgan fingerprint density at radius 1 is 1.26 bits per heavy atom. The van der Waals surface area contributed by atoms with E-state index < -0.39 is 0 Å². The Balaban J connectivity index is 0.00000180. The molecule has 0 saturated heterocycles. The van der Waals surface area contributed by atoms with Crippen molar-refractivity contribution in [2.75, 3.05) is 6.54 Å². The number of aromatic amines is 1. The predicted molar refractivity (Wildman–Crippen MR) is 83.1 cm³/mol. The molecule has 104 valence electrons. The first kappa shape index (κ1) is 15.7. The molecule has 0 bridgehead atoms. The Kier molecular flexibility index (Phi) is 6.06. The van der Waals surface area contributed by atoms with Crippen molar-refractivity contribution < 1.29 is 0 Å². The molecule has 0 fully saturated rings. The average molecular weight is 281 g/mol. The van der Waals surface area contributed by atoms with Gasteiger partial charge in [-0.1, -0.05) is 31.5 Å². The Labute approximate surface area is 119 Å². The van der Waals surface area contributed by atoms with E-state index in [1.165, 1.54) is 12.8 Å². The van der Waals surface area contributed by atoms with Gasteiger partial charge in [0.25, 0.3) is 5.56 Å². The summed E-state index contributed by atoms with van der Waals surface area (Å²) in [7, 11) is 0. The van der Waals surface area contributed by atoms with Gasteiger partial charge in [0, 0.05) is 17.6 Å². The number of pyridine rings is 1. The van der Waals surface area contributed by atoms with Gasteiger partial charge in [0.2, 0.25) is 0 Å². The van der Waals surface area contributed by atoms with Crippen molar-refractivity contribution in [1.29, 1.82) is 0 Å². The molecule has 1 atom stereocenters. The lowest BCUT2D eigenvalue weighted by Crippen LogP contribution is -2.21. The standard InChI is InChI=1S/C15H20N2O.ClH/c1-3-4-9-16-11(2)14-10-17-15(18)13-8-6-5-7-12(13)14;/h5-8,10-11,16H,3-4,9H2,1-2H3,(H,17,18);1H. The first-order valence-corrected chi connectivity index (χ1v) is 6.57. The van der Waals surface area contributed by atoms with Crippen molar-refractivity contribution in [3.8, 4) is 0 Å². The fourth-order valence-corrected chi connectivity index (χ4v) is 2.20. The van der Waals surface area contributed by atoms with Crippen LogP contribution in [0.2, 0.25) is 0 Å². The summed E-state index contributed by atoms with van der Waals surface area (Å²) in [6.45, 7) is 5.32. The summed E-state index contributed by atoms with van der Waals surface area (Å²) in [5.74, 6) is 0. The molecule has 2 rings (SSSR count). The number of nitrogens with one attached hydrogen (secondary N) is 2. The Morgan fingerprint density at radius 2 is 1.95 bits per heavy atom. The zero-order valence-electron chi connectivity index (χ0n) is 11.4. The van der Waals surface area contributed by atoms with Crippen molar-refractivity contribution in [3.05, 3.63) is 46.4 Å². The average Bonchev–Trinajstić information content (AvgIpc) is 2.39. The highest BCUT2D eigenvalue weighted by Crippen LogP contribution is 2.20. The summed E-state index contributed by atoms with van der Waals surface area (Å²) in [6.07, 6.45) is 4.19. The number of H-pyrrole nitrogens is 1. The number of halogens is 1. The lowest BCUT2D eigenvalue weighted by molar-refractivity contribution is 0.556. The highest BCUT2D eigenvalue weighted by molar-refractivity contribution is 5.85. The van der Waals surface area contributed by atoms with Gasteiger partial charge in [-0.2, -0.15) is 0 Å². The SMILES string of the molecule is CCCCNC(C)c1c[nH]c(=O)c2ccccc12.Cl. The van der Waals surface area contributed by atoms with Crippen molar-refractivity contribution in [3.63, 3.8) is 0 Å². The largest absolute Gasteiger partial charge is 0.328 e. The molecule has 0 spiro atoms. The van der Waals surface area contributed by atoms with Crippen LogP contribution < -0.4 is 10.9 Å². The van der Waals surface area contributed by atoms with Crippen molar-refractivity contribution in [1.82, 2.24) is 10.3 Å². The quantitative estimate of drug-likeness (QED) is 0.825. The maximum atomic E-state index is 11.7. The maximum absolute atomic E-state index is 11.7. The van der Waals surface area contributed by atoms with Gasteiger partial charge in [0.15, 0.2) is 0 Å². The predicted octanol–water partition coefficient (Wildman–Crippen LogP) is 3.40. The molecule has 3 nitrogen and oxygen atoms in total. The smallest absolute Gasteiger partial charge is 0.255 e. The number of aromatic nitrogens is 1. The lowest BCUT2D eigenvalue weighted by atomic mass is 10.0. The van der Waals surface area contributed by atoms with Gasteiger partial charge in [-0.3, -0.25) is 4.79 Å². The summed E-state index contributed by atoms with van der Waals surface area (Å²) in [5.41, 5.74) is 1.14. The van der Waals surface area contributed by atoms with Crippen LogP contribution in [0.5, 0.6) is 0 Å². The summed E-state index contributed by atoms with van der Waals surface area (Å²) in [5, 5.41) is 5.29. The molecule has 4 heteroatoms. The highest BCUT2D eigenvalue weighted by Gasteiger charge is 2.10. The van der Waals surface area contributed by atoms with Gasteiger partial charge in [-0.05, 0) is 36.9 Å². The van der Waals surface area contributed by atoms with E-state index in [0.29, 0.717) is 0 Å². The number of unbranched alkanes of at least 4 members (excludes halogenated alkanes) is 1. The number of rotatable bonds is 5. The molecule has 1 unspecified atom stereocenters. The molecule has 0 saturated carbocycles. The minimum absolute atomic E-state index is 0. The summed E-state index contributed by atoms with van der Waals surface area (Å²) < 4.78 is 0. The van der Waals surface area contributed by atoms with Gasteiger partial charge in [0.1, 0.15) is 0 Å². The van der Waals surface area contributed by atoms with E-state index in [2.05, 4.69) is 24.1 Å². The second kappa shape index (κ2) is 7.31. The monoisotopic (exact) mass is 280 g/mol. The van der Waals surface area contributed by atoms with Gasteiger partial charge in [-0.25, -0.2) is 0 Å². The Morgan fingerprint density at radius 3 is 2.63 bits per heavy atom. The Hall–Kier alpha value is -1.32. The molecule has 19 heavy (non-hydrogen) atoms. The number of fused-ring (bicyclic) bond motifs is 1. The second-order valence-corrected chi connectivity index (χ2v) is 4.65. The van der Waals surface area contributed by atoms with Crippen molar-refractivity contribution in [2.45, 2.75) is 32.7 Å². The fraction of sp³-hybridized carbons (Fsp3) is 0.400. The Bertz CT molecular complexity index is 580. The normalized spacial score (nSPS) is 12.1. The molecule has 0 radical (unpaired) electrons. The van der Waals surface area contributed by atoms with Crippen LogP contribution in [-0.2, 0) is 0 Å². The van der Waals surface area contributed by atoms with E-state index in [1.54, 1.807) is 0 Å². The topological polar surface area (TPSA) is 44.9 Å². The lowest BCUT2D eigenvalue weighted by Gasteiger charge is -2.15.